The Morgan fingerprint density at radius 1 is 1.20 bits per heavy atom. The summed E-state index contributed by atoms with van der Waals surface area (Å²) in [6.45, 7) is 0.436. The second-order valence-electron chi connectivity index (χ2n) is 4.79. The maximum Gasteiger partial charge on any atom is 0.181 e. The van der Waals surface area contributed by atoms with Crippen LogP contribution in [0.15, 0.2) is 41.3 Å². The van der Waals surface area contributed by atoms with Crippen LogP contribution in [0.4, 0.5) is 5.82 Å². The summed E-state index contributed by atoms with van der Waals surface area (Å²) in [5.41, 5.74) is 10.7. The van der Waals surface area contributed by atoms with Crippen LogP contribution in [-0.2, 0) is 6.54 Å². The number of nitrogens with two attached hydrogens (primary N) is 1. The molecule has 0 aliphatic carbocycles. The molecule has 0 atom stereocenters. The number of nitrogens with zero attached hydrogens (tertiary/aromatic N) is 3. The molecule has 1 aromatic carbocycles. The molecule has 3 aromatic rings. The molecular formula is C15H16N4O. The van der Waals surface area contributed by atoms with Gasteiger partial charge in [-0.25, -0.2) is 9.97 Å². The Balaban J connectivity index is 2.19. The largest absolute Gasteiger partial charge is 0.443 e. The molecule has 0 aliphatic heterocycles. The van der Waals surface area contributed by atoms with Gasteiger partial charge < -0.3 is 15.1 Å². The Morgan fingerprint density at radius 2 is 2.05 bits per heavy atom. The molecule has 2 heterocycles. The van der Waals surface area contributed by atoms with Crippen LogP contribution in [0.25, 0.3) is 22.2 Å². The van der Waals surface area contributed by atoms with Crippen molar-refractivity contribution in [3.8, 4) is 11.1 Å². The summed E-state index contributed by atoms with van der Waals surface area (Å²) < 4.78 is 5.36. The topological polar surface area (TPSA) is 68.2 Å². The fraction of sp³-hybridized carbons (Fsp3) is 0.200. The molecule has 0 bridgehead atoms. The summed E-state index contributed by atoms with van der Waals surface area (Å²) in [5, 5.41) is 0. The standard InChI is InChI=1S/C15H16N4O/c1-19(2)15-12(8-16)11(5-6-17-15)10-3-4-13-14(7-10)20-9-18-13/h3-7,9H,8,16H2,1-2H3. The zero-order valence-electron chi connectivity index (χ0n) is 11.5. The first-order chi connectivity index (χ1) is 9.70. The molecule has 0 fully saturated rings. The molecule has 0 unspecified atom stereocenters. The van der Waals surface area contributed by atoms with E-state index in [9.17, 15) is 0 Å². The van der Waals surface area contributed by atoms with E-state index in [2.05, 4.69) is 9.97 Å². The molecule has 102 valence electrons. The van der Waals surface area contributed by atoms with E-state index in [4.69, 9.17) is 10.2 Å². The summed E-state index contributed by atoms with van der Waals surface area (Å²) in [6.07, 6.45) is 3.25. The van der Waals surface area contributed by atoms with Crippen molar-refractivity contribution in [3.63, 3.8) is 0 Å². The Labute approximate surface area is 117 Å². The van der Waals surface area contributed by atoms with Gasteiger partial charge in [0.2, 0.25) is 0 Å². The van der Waals surface area contributed by atoms with Crippen LogP contribution in [0.5, 0.6) is 0 Å². The highest BCUT2D eigenvalue weighted by Crippen LogP contribution is 2.30. The predicted octanol–water partition coefficient (Wildman–Crippen LogP) is 2.41. The van der Waals surface area contributed by atoms with E-state index < -0.39 is 0 Å². The van der Waals surface area contributed by atoms with Gasteiger partial charge in [-0.15, -0.1) is 0 Å². The first kappa shape index (κ1) is 12.6. The van der Waals surface area contributed by atoms with Crippen molar-refractivity contribution in [2.45, 2.75) is 6.54 Å². The first-order valence-corrected chi connectivity index (χ1v) is 6.39. The maximum absolute atomic E-state index is 5.92. The third-order valence-electron chi connectivity index (χ3n) is 3.30. The van der Waals surface area contributed by atoms with Gasteiger partial charge in [0.15, 0.2) is 12.0 Å². The number of pyridine rings is 1. The number of rotatable bonds is 3. The van der Waals surface area contributed by atoms with Gasteiger partial charge in [-0.3, -0.25) is 0 Å². The second kappa shape index (κ2) is 4.94. The SMILES string of the molecule is CN(C)c1nccc(-c2ccc3ncoc3c2)c1CN. The fourth-order valence-corrected chi connectivity index (χ4v) is 2.36. The lowest BCUT2D eigenvalue weighted by molar-refractivity contribution is 0.602. The van der Waals surface area contributed by atoms with E-state index in [-0.39, 0.29) is 0 Å². The van der Waals surface area contributed by atoms with Crippen molar-refractivity contribution < 1.29 is 4.42 Å². The van der Waals surface area contributed by atoms with E-state index in [1.807, 2.05) is 43.3 Å². The zero-order valence-corrected chi connectivity index (χ0v) is 11.5. The number of benzene rings is 1. The number of anilines is 1. The van der Waals surface area contributed by atoms with E-state index >= 15 is 0 Å². The highest BCUT2D eigenvalue weighted by molar-refractivity contribution is 5.82. The Hall–Kier alpha value is -2.40. The highest BCUT2D eigenvalue weighted by Gasteiger charge is 2.12. The van der Waals surface area contributed by atoms with Gasteiger partial charge in [0, 0.05) is 32.4 Å². The summed E-state index contributed by atoms with van der Waals surface area (Å²) in [5.74, 6) is 0.891. The van der Waals surface area contributed by atoms with Crippen LogP contribution >= 0.6 is 0 Å². The van der Waals surface area contributed by atoms with Crippen LogP contribution in [-0.4, -0.2) is 24.1 Å². The van der Waals surface area contributed by atoms with Crippen molar-refractivity contribution in [1.82, 2.24) is 9.97 Å². The van der Waals surface area contributed by atoms with Crippen LogP contribution in [0.2, 0.25) is 0 Å². The average Bonchev–Trinajstić information content (AvgIpc) is 2.93. The normalized spacial score (nSPS) is 10.9. The lowest BCUT2D eigenvalue weighted by Gasteiger charge is -2.18. The minimum absolute atomic E-state index is 0.436. The van der Waals surface area contributed by atoms with Gasteiger partial charge >= 0.3 is 0 Å². The van der Waals surface area contributed by atoms with Gasteiger partial charge in [-0.1, -0.05) is 6.07 Å². The molecule has 0 spiro atoms. The number of hydrogen-bond donors (Lipinski definition) is 1. The predicted molar refractivity (Wildman–Crippen MR) is 79.5 cm³/mol. The van der Waals surface area contributed by atoms with E-state index in [1.54, 1.807) is 6.20 Å². The minimum Gasteiger partial charge on any atom is -0.443 e. The first-order valence-electron chi connectivity index (χ1n) is 6.39. The van der Waals surface area contributed by atoms with Gasteiger partial charge in [-0.05, 0) is 29.3 Å². The lowest BCUT2D eigenvalue weighted by Crippen LogP contribution is -2.15. The summed E-state index contributed by atoms with van der Waals surface area (Å²) in [7, 11) is 3.93. The molecule has 2 N–H and O–H groups in total. The fourth-order valence-electron chi connectivity index (χ4n) is 2.36. The average molecular weight is 268 g/mol. The number of oxazole rings is 1. The summed E-state index contributed by atoms with van der Waals surface area (Å²) >= 11 is 0. The molecule has 0 aliphatic rings. The molecule has 5 heteroatoms. The molecule has 0 amide bonds. The molecular weight excluding hydrogens is 252 g/mol. The van der Waals surface area contributed by atoms with Gasteiger partial charge in [0.25, 0.3) is 0 Å². The van der Waals surface area contributed by atoms with Gasteiger partial charge in [-0.2, -0.15) is 0 Å². The molecule has 20 heavy (non-hydrogen) atoms. The van der Waals surface area contributed by atoms with Crippen molar-refractivity contribution in [1.29, 1.82) is 0 Å². The highest BCUT2D eigenvalue weighted by atomic mass is 16.3. The van der Waals surface area contributed by atoms with E-state index in [0.29, 0.717) is 6.54 Å². The van der Waals surface area contributed by atoms with E-state index in [1.165, 1.54) is 6.39 Å². The Morgan fingerprint density at radius 3 is 2.80 bits per heavy atom. The van der Waals surface area contributed by atoms with Crippen molar-refractivity contribution in [2.75, 3.05) is 19.0 Å². The number of fused-ring (bicyclic) bond motifs is 1. The summed E-state index contributed by atoms with van der Waals surface area (Å²) in [6, 6.07) is 7.94. The van der Waals surface area contributed by atoms with Crippen molar-refractivity contribution >= 4 is 16.9 Å². The molecule has 2 aromatic heterocycles. The molecule has 5 nitrogen and oxygen atoms in total. The summed E-state index contributed by atoms with van der Waals surface area (Å²) in [4.78, 5) is 10.5. The van der Waals surface area contributed by atoms with Gasteiger partial charge in [0.1, 0.15) is 11.3 Å². The quantitative estimate of drug-likeness (QED) is 0.790. The minimum atomic E-state index is 0.436. The molecule has 0 saturated carbocycles. The van der Waals surface area contributed by atoms with Crippen LogP contribution in [0, 0.1) is 0 Å². The maximum atomic E-state index is 5.92. The Bertz CT molecular complexity index is 748. The molecule has 3 rings (SSSR count). The number of aromatic nitrogens is 2. The van der Waals surface area contributed by atoms with Crippen LogP contribution < -0.4 is 10.6 Å². The third-order valence-corrected chi connectivity index (χ3v) is 3.30. The molecule has 0 radical (unpaired) electrons. The lowest BCUT2D eigenvalue weighted by atomic mass is 10.0. The molecule has 0 saturated heterocycles. The Kier molecular flexibility index (Phi) is 3.12. The van der Waals surface area contributed by atoms with Crippen LogP contribution in [0.3, 0.4) is 0 Å². The zero-order chi connectivity index (χ0) is 14.1. The van der Waals surface area contributed by atoms with E-state index in [0.717, 1.165) is 33.6 Å². The van der Waals surface area contributed by atoms with Gasteiger partial charge in [0.05, 0.1) is 0 Å². The monoisotopic (exact) mass is 268 g/mol. The number of hydrogen-bond acceptors (Lipinski definition) is 5. The van der Waals surface area contributed by atoms with Crippen molar-refractivity contribution in [2.24, 2.45) is 5.73 Å². The van der Waals surface area contributed by atoms with Crippen LogP contribution in [0.1, 0.15) is 5.56 Å². The smallest absolute Gasteiger partial charge is 0.181 e. The second-order valence-corrected chi connectivity index (χ2v) is 4.79. The van der Waals surface area contributed by atoms with Crippen molar-refractivity contribution in [3.05, 3.63) is 42.4 Å². The third kappa shape index (κ3) is 2.02.